The van der Waals surface area contributed by atoms with Gasteiger partial charge in [-0.1, -0.05) is 24.0 Å². The number of halogens is 1. The second-order valence-electron chi connectivity index (χ2n) is 1.94. The molecule has 0 nitrogen and oxygen atoms in total. The molecule has 0 aliphatic heterocycles. The molecule has 0 aromatic carbocycles. The summed E-state index contributed by atoms with van der Waals surface area (Å²) in [7, 11) is 0. The van der Waals surface area contributed by atoms with Gasteiger partial charge in [0, 0.05) is 0 Å². The van der Waals surface area contributed by atoms with Crippen LogP contribution in [0.15, 0.2) is 23.8 Å². The Kier molecular flexibility index (Phi) is 1.97. The van der Waals surface area contributed by atoms with Crippen molar-refractivity contribution in [2.24, 2.45) is 0 Å². The van der Waals surface area contributed by atoms with Crippen LogP contribution in [0, 0.1) is 11.8 Å². The summed E-state index contributed by atoms with van der Waals surface area (Å²) < 4.78 is 0. The smallest absolute Gasteiger partial charge is 0.104 e. The topological polar surface area (TPSA) is 0 Å². The number of alkyl halides is 1. The molecule has 1 aliphatic rings. The van der Waals surface area contributed by atoms with Gasteiger partial charge in [-0.15, -0.1) is 11.6 Å². The van der Waals surface area contributed by atoms with Crippen LogP contribution in [0.3, 0.4) is 0 Å². The molecule has 0 aromatic heterocycles. The van der Waals surface area contributed by atoms with Gasteiger partial charge in [0.15, 0.2) is 0 Å². The highest BCUT2D eigenvalue weighted by Crippen LogP contribution is 2.03. The van der Waals surface area contributed by atoms with Gasteiger partial charge in [0.25, 0.3) is 0 Å². The minimum absolute atomic E-state index is 0.112. The minimum atomic E-state index is -0.112. The molecule has 0 saturated carbocycles. The first-order valence-corrected chi connectivity index (χ1v) is 3.23. The van der Waals surface area contributed by atoms with Crippen LogP contribution in [0.25, 0.3) is 0 Å². The van der Waals surface area contributed by atoms with Crippen LogP contribution < -0.4 is 0 Å². The van der Waals surface area contributed by atoms with Crippen molar-refractivity contribution in [2.45, 2.75) is 12.3 Å². The molecule has 0 aromatic rings. The molecule has 9 heavy (non-hydrogen) atoms. The summed E-state index contributed by atoms with van der Waals surface area (Å²) in [5.74, 6) is 5.67. The van der Waals surface area contributed by atoms with Crippen LogP contribution in [0.4, 0.5) is 0 Å². The van der Waals surface area contributed by atoms with E-state index in [2.05, 4.69) is 11.8 Å². The van der Waals surface area contributed by atoms with Crippen molar-refractivity contribution in [3.63, 3.8) is 0 Å². The number of allylic oxidation sites excluding steroid dienone is 4. The Balaban J connectivity index is 2.82. The SMILES string of the molecule is CC1=CC#CC(Cl)C=C1. The van der Waals surface area contributed by atoms with Crippen molar-refractivity contribution >= 4 is 11.6 Å². The maximum Gasteiger partial charge on any atom is 0.113 e. The Hall–Kier alpha value is -0.670. The first kappa shape index (κ1) is 6.45. The third-order valence-corrected chi connectivity index (χ3v) is 1.30. The molecule has 0 saturated heterocycles. The predicted molar refractivity (Wildman–Crippen MR) is 40.3 cm³/mol. The first-order chi connectivity index (χ1) is 4.29. The van der Waals surface area contributed by atoms with E-state index in [0.29, 0.717) is 0 Å². The molecular weight excluding hydrogens is 132 g/mol. The third kappa shape index (κ3) is 1.95. The van der Waals surface area contributed by atoms with E-state index >= 15 is 0 Å². The summed E-state index contributed by atoms with van der Waals surface area (Å²) in [5.41, 5.74) is 1.16. The number of hydrogen-bond donors (Lipinski definition) is 0. The van der Waals surface area contributed by atoms with E-state index in [9.17, 15) is 0 Å². The molecule has 1 rings (SSSR count). The van der Waals surface area contributed by atoms with Crippen molar-refractivity contribution in [1.82, 2.24) is 0 Å². The third-order valence-electron chi connectivity index (χ3n) is 1.05. The molecule has 1 aliphatic carbocycles. The van der Waals surface area contributed by atoms with Gasteiger partial charge in [0.2, 0.25) is 0 Å². The van der Waals surface area contributed by atoms with Crippen LogP contribution >= 0.6 is 11.6 Å². The summed E-state index contributed by atoms with van der Waals surface area (Å²) in [6, 6.07) is 0. The van der Waals surface area contributed by atoms with Crippen molar-refractivity contribution in [3.05, 3.63) is 23.8 Å². The van der Waals surface area contributed by atoms with E-state index in [1.807, 2.05) is 25.2 Å². The lowest BCUT2D eigenvalue weighted by molar-refractivity contribution is 1.44. The minimum Gasteiger partial charge on any atom is -0.104 e. The molecule has 0 radical (unpaired) electrons. The van der Waals surface area contributed by atoms with E-state index < -0.39 is 0 Å². The summed E-state index contributed by atoms with van der Waals surface area (Å²) >= 11 is 5.69. The average molecular weight is 139 g/mol. The van der Waals surface area contributed by atoms with Crippen LogP contribution in [-0.4, -0.2) is 5.38 Å². The normalized spacial score (nSPS) is 23.8. The molecule has 0 amide bonds. The van der Waals surface area contributed by atoms with Gasteiger partial charge in [0.1, 0.15) is 5.38 Å². The summed E-state index contributed by atoms with van der Waals surface area (Å²) in [6.45, 7) is 2.00. The lowest BCUT2D eigenvalue weighted by Gasteiger charge is -1.86. The molecule has 0 bridgehead atoms. The molecule has 0 spiro atoms. The average Bonchev–Trinajstić information content (AvgIpc) is 1.97. The van der Waals surface area contributed by atoms with Gasteiger partial charge in [-0.25, -0.2) is 0 Å². The predicted octanol–water partition coefficient (Wildman–Crippen LogP) is 2.11. The lowest BCUT2D eigenvalue weighted by Crippen LogP contribution is -1.83. The van der Waals surface area contributed by atoms with Gasteiger partial charge >= 0.3 is 0 Å². The highest BCUT2D eigenvalue weighted by molar-refractivity contribution is 6.23. The second kappa shape index (κ2) is 2.75. The molecular formula is C8H7Cl. The fraction of sp³-hybridized carbons (Fsp3) is 0.250. The van der Waals surface area contributed by atoms with Gasteiger partial charge in [-0.2, -0.15) is 0 Å². The number of hydrogen-bond acceptors (Lipinski definition) is 0. The van der Waals surface area contributed by atoms with Crippen LogP contribution in [0.1, 0.15) is 6.92 Å². The molecule has 1 heteroatoms. The lowest BCUT2D eigenvalue weighted by atomic mass is 10.3. The van der Waals surface area contributed by atoms with Gasteiger partial charge < -0.3 is 0 Å². The second-order valence-corrected chi connectivity index (χ2v) is 2.41. The van der Waals surface area contributed by atoms with Crippen molar-refractivity contribution in [1.29, 1.82) is 0 Å². The highest BCUT2D eigenvalue weighted by Gasteiger charge is 1.92. The van der Waals surface area contributed by atoms with E-state index in [-0.39, 0.29) is 5.38 Å². The van der Waals surface area contributed by atoms with Gasteiger partial charge in [0.05, 0.1) is 0 Å². The van der Waals surface area contributed by atoms with Gasteiger partial charge in [-0.05, 0) is 18.6 Å². The van der Waals surface area contributed by atoms with E-state index in [1.165, 1.54) is 0 Å². The van der Waals surface area contributed by atoms with E-state index in [1.54, 1.807) is 0 Å². The zero-order valence-corrected chi connectivity index (χ0v) is 5.94. The Bertz CT molecular complexity index is 212. The standard InChI is InChI=1S/C8H7Cl/c1-7-3-2-4-8(9)6-5-7/h3,5-6,8H,1H3. The summed E-state index contributed by atoms with van der Waals surface area (Å²) in [4.78, 5) is 0. The van der Waals surface area contributed by atoms with E-state index in [4.69, 9.17) is 11.6 Å². The van der Waals surface area contributed by atoms with Crippen molar-refractivity contribution in [2.75, 3.05) is 0 Å². The zero-order valence-electron chi connectivity index (χ0n) is 5.19. The largest absolute Gasteiger partial charge is 0.113 e. The fourth-order valence-electron chi connectivity index (χ4n) is 0.568. The van der Waals surface area contributed by atoms with Gasteiger partial charge in [-0.3, -0.25) is 0 Å². The Morgan fingerprint density at radius 1 is 1.67 bits per heavy atom. The first-order valence-electron chi connectivity index (χ1n) is 2.79. The van der Waals surface area contributed by atoms with Crippen LogP contribution in [0.5, 0.6) is 0 Å². The molecule has 1 unspecified atom stereocenters. The summed E-state index contributed by atoms with van der Waals surface area (Å²) in [5, 5.41) is -0.112. The molecule has 46 valence electrons. The Labute approximate surface area is 60.2 Å². The van der Waals surface area contributed by atoms with Crippen LogP contribution in [-0.2, 0) is 0 Å². The Morgan fingerprint density at radius 2 is 2.44 bits per heavy atom. The molecule has 0 heterocycles. The monoisotopic (exact) mass is 138 g/mol. The van der Waals surface area contributed by atoms with Crippen molar-refractivity contribution < 1.29 is 0 Å². The molecule has 0 fully saturated rings. The maximum absolute atomic E-state index is 5.69. The molecule has 1 atom stereocenters. The fourth-order valence-corrected chi connectivity index (χ4v) is 0.703. The summed E-state index contributed by atoms with van der Waals surface area (Å²) in [6.07, 6.45) is 5.71. The van der Waals surface area contributed by atoms with Crippen LogP contribution in [0.2, 0.25) is 0 Å². The zero-order chi connectivity index (χ0) is 6.69. The molecule has 0 N–H and O–H groups in total. The van der Waals surface area contributed by atoms with Crippen molar-refractivity contribution in [3.8, 4) is 11.8 Å². The Morgan fingerprint density at radius 3 is 3.22 bits per heavy atom. The highest BCUT2D eigenvalue weighted by atomic mass is 35.5. The number of rotatable bonds is 0. The quantitative estimate of drug-likeness (QED) is 0.355. The van der Waals surface area contributed by atoms with E-state index in [0.717, 1.165) is 5.57 Å². The maximum atomic E-state index is 5.69.